The Morgan fingerprint density at radius 1 is 0.933 bits per heavy atom. The highest BCUT2D eigenvalue weighted by Crippen LogP contribution is 2.17. The Labute approximate surface area is 266 Å². The van der Waals surface area contributed by atoms with E-state index >= 15 is 0 Å². The molecule has 0 saturated carbocycles. The van der Waals surface area contributed by atoms with Crippen LogP contribution in [0.5, 0.6) is 0 Å². The number of hydrazine groups is 1. The van der Waals surface area contributed by atoms with Crippen molar-refractivity contribution in [2.75, 3.05) is 26.2 Å². The molecule has 2 unspecified atom stereocenters. The lowest BCUT2D eigenvalue weighted by molar-refractivity contribution is 0.0613. The summed E-state index contributed by atoms with van der Waals surface area (Å²) in [6, 6.07) is 6.18. The second kappa shape index (κ2) is 17.9. The highest BCUT2D eigenvalue weighted by atomic mass is 32.2. The minimum atomic E-state index is -3.75. The number of nitrogens with zero attached hydrogens (tertiary/aromatic N) is 2. The van der Waals surface area contributed by atoms with E-state index in [2.05, 4.69) is 16.1 Å². The smallest absolute Gasteiger partial charge is 0.253 e. The number of aliphatic hydroxyl groups excluding tert-OH is 1. The minimum Gasteiger partial charge on any atom is -0.390 e. The molecule has 0 aliphatic carbocycles. The number of sulfonamides is 1. The van der Waals surface area contributed by atoms with Crippen molar-refractivity contribution in [1.82, 2.24) is 20.1 Å². The summed E-state index contributed by atoms with van der Waals surface area (Å²) in [6.45, 7) is 9.99. The monoisotopic (exact) mass is 648 g/mol. The molecule has 0 spiro atoms. The van der Waals surface area contributed by atoms with Crippen molar-refractivity contribution in [2.45, 2.75) is 84.1 Å². The van der Waals surface area contributed by atoms with Crippen LogP contribution in [-0.4, -0.2) is 78.8 Å². The number of hydrogen-bond acceptors (Lipinski definition) is 6. The van der Waals surface area contributed by atoms with Gasteiger partial charge >= 0.3 is 0 Å². The molecule has 2 amide bonds. The second-order valence-corrected chi connectivity index (χ2v) is 13.6. The van der Waals surface area contributed by atoms with Crippen molar-refractivity contribution in [3.8, 4) is 12.3 Å². The fourth-order valence-corrected chi connectivity index (χ4v) is 5.42. The number of nitrogens with one attached hydrogen (secondary N) is 2. The van der Waals surface area contributed by atoms with Gasteiger partial charge in [-0.2, -0.15) is 0 Å². The lowest BCUT2D eigenvalue weighted by Crippen LogP contribution is -2.54. The number of aliphatic hydroxyl groups is 1. The van der Waals surface area contributed by atoms with Gasteiger partial charge in [0.1, 0.15) is 11.6 Å². The van der Waals surface area contributed by atoms with Crippen LogP contribution in [0.25, 0.3) is 0 Å². The number of terminal acetylenes is 1. The molecular weight excluding hydrogens is 602 g/mol. The SMILES string of the molecule is C#Cc1cc(C(=O)NC(Cc2cc(F)cc(F)c2)C(O)CN(CCCC)NS(=O)(=O)C(C)C)cc(C(=O)N(CCC)CCC)c1. The summed E-state index contributed by atoms with van der Waals surface area (Å²) in [5.41, 5.74) is 0.767. The molecule has 2 aromatic rings. The predicted molar refractivity (Wildman–Crippen MR) is 172 cm³/mol. The predicted octanol–water partition coefficient (Wildman–Crippen LogP) is 4.26. The summed E-state index contributed by atoms with van der Waals surface area (Å²) in [7, 11) is -3.75. The van der Waals surface area contributed by atoms with Crippen LogP contribution < -0.4 is 10.1 Å². The highest BCUT2D eigenvalue weighted by Gasteiger charge is 2.28. The topological polar surface area (TPSA) is 119 Å². The molecule has 45 heavy (non-hydrogen) atoms. The second-order valence-electron chi connectivity index (χ2n) is 11.3. The maximum atomic E-state index is 14.1. The van der Waals surface area contributed by atoms with Gasteiger partial charge in [-0.1, -0.05) is 33.1 Å². The Kier molecular flexibility index (Phi) is 15.1. The van der Waals surface area contributed by atoms with Crippen molar-refractivity contribution in [3.05, 3.63) is 70.3 Å². The number of halogens is 2. The molecule has 12 heteroatoms. The molecule has 0 bridgehead atoms. The molecule has 0 saturated heterocycles. The number of carbonyl (C=O) groups is 2. The molecule has 3 N–H and O–H groups in total. The molecule has 0 aliphatic rings. The Hall–Kier alpha value is -3.37. The lowest BCUT2D eigenvalue weighted by atomic mass is 9.99. The first-order chi connectivity index (χ1) is 21.2. The van der Waals surface area contributed by atoms with E-state index in [1.54, 1.807) is 4.90 Å². The van der Waals surface area contributed by atoms with Crippen LogP contribution in [0.2, 0.25) is 0 Å². The zero-order chi connectivity index (χ0) is 33.7. The van der Waals surface area contributed by atoms with Gasteiger partial charge < -0.3 is 15.3 Å². The van der Waals surface area contributed by atoms with Gasteiger partial charge in [-0.3, -0.25) is 9.59 Å². The first-order valence-corrected chi connectivity index (χ1v) is 16.9. The van der Waals surface area contributed by atoms with Crippen LogP contribution >= 0.6 is 0 Å². The van der Waals surface area contributed by atoms with Crippen LogP contribution in [0.3, 0.4) is 0 Å². The van der Waals surface area contributed by atoms with Gasteiger partial charge in [-0.25, -0.2) is 22.2 Å². The average molecular weight is 649 g/mol. The Morgan fingerprint density at radius 2 is 1.53 bits per heavy atom. The first kappa shape index (κ1) is 37.8. The number of benzene rings is 2. The fourth-order valence-electron chi connectivity index (χ4n) is 4.68. The first-order valence-electron chi connectivity index (χ1n) is 15.4. The molecular formula is C33H46F2N4O5S. The maximum absolute atomic E-state index is 14.1. The van der Waals surface area contributed by atoms with Crippen LogP contribution in [0.15, 0.2) is 36.4 Å². The normalized spacial score (nSPS) is 13.0. The standard InChI is InChI=1S/C33H46F2N4O5S/c1-7-11-14-39(37-45(43,44)23(5)6)22-31(40)30(19-25-17-28(34)21-29(35)18-25)36-32(41)26-15-24(10-4)16-27(20-26)33(42)38(12-8-2)13-9-3/h4,15-18,20-21,23,30-31,37,40H,7-9,11-14,19,22H2,1-3,5-6H3,(H,36,41). The van der Waals surface area contributed by atoms with Crippen molar-refractivity contribution >= 4 is 21.8 Å². The molecule has 0 radical (unpaired) electrons. The third kappa shape index (κ3) is 11.8. The van der Waals surface area contributed by atoms with Crippen LogP contribution in [0.1, 0.15) is 92.1 Å². The number of amides is 2. The van der Waals surface area contributed by atoms with Crippen molar-refractivity contribution in [1.29, 1.82) is 0 Å². The van der Waals surface area contributed by atoms with Gasteiger partial charge in [0.15, 0.2) is 0 Å². The lowest BCUT2D eigenvalue weighted by Gasteiger charge is -2.31. The van der Waals surface area contributed by atoms with E-state index in [1.807, 2.05) is 20.8 Å². The molecule has 0 heterocycles. The van der Waals surface area contributed by atoms with Crippen molar-refractivity contribution in [3.63, 3.8) is 0 Å². The summed E-state index contributed by atoms with van der Waals surface area (Å²) in [5.74, 6) is -0.138. The number of hydrogen-bond donors (Lipinski definition) is 3. The minimum absolute atomic E-state index is 0.0627. The van der Waals surface area contributed by atoms with Crippen LogP contribution in [-0.2, 0) is 16.4 Å². The fraction of sp³-hybridized carbons (Fsp3) is 0.515. The van der Waals surface area contributed by atoms with Gasteiger partial charge in [0.05, 0.1) is 17.4 Å². The molecule has 2 rings (SSSR count). The molecule has 0 fully saturated rings. The van der Waals surface area contributed by atoms with E-state index in [-0.39, 0.29) is 42.1 Å². The van der Waals surface area contributed by atoms with Gasteiger partial charge in [-0.05, 0) is 75.4 Å². The Bertz CT molecular complexity index is 1420. The number of rotatable bonds is 18. The average Bonchev–Trinajstić information content (AvgIpc) is 2.97. The quantitative estimate of drug-likeness (QED) is 0.164. The van der Waals surface area contributed by atoms with E-state index in [1.165, 1.54) is 37.1 Å². The van der Waals surface area contributed by atoms with Gasteiger partial charge in [0.25, 0.3) is 11.8 Å². The van der Waals surface area contributed by atoms with Gasteiger partial charge in [0, 0.05) is 48.9 Å². The molecule has 0 aliphatic heterocycles. The van der Waals surface area contributed by atoms with E-state index in [0.29, 0.717) is 31.1 Å². The Balaban J connectivity index is 2.47. The maximum Gasteiger partial charge on any atom is 0.253 e. The summed E-state index contributed by atoms with van der Waals surface area (Å²) < 4.78 is 53.4. The van der Waals surface area contributed by atoms with Crippen molar-refractivity contribution in [2.24, 2.45) is 0 Å². The summed E-state index contributed by atoms with van der Waals surface area (Å²) in [5, 5.41) is 14.7. The number of unbranched alkanes of at least 4 members (excludes halogenated alkanes) is 1. The third-order valence-corrected chi connectivity index (χ3v) is 8.86. The van der Waals surface area contributed by atoms with E-state index in [4.69, 9.17) is 6.42 Å². The largest absolute Gasteiger partial charge is 0.390 e. The third-order valence-electron chi connectivity index (χ3n) is 7.11. The van der Waals surface area contributed by atoms with Crippen LogP contribution in [0, 0.1) is 24.0 Å². The molecule has 9 nitrogen and oxygen atoms in total. The van der Waals surface area contributed by atoms with E-state index in [0.717, 1.165) is 31.4 Å². The van der Waals surface area contributed by atoms with E-state index in [9.17, 15) is 31.9 Å². The van der Waals surface area contributed by atoms with Crippen molar-refractivity contribution < 1.29 is 31.9 Å². The molecule has 248 valence electrons. The molecule has 2 aromatic carbocycles. The Morgan fingerprint density at radius 3 is 2.07 bits per heavy atom. The molecule has 0 aromatic heterocycles. The van der Waals surface area contributed by atoms with Crippen LogP contribution in [0.4, 0.5) is 8.78 Å². The van der Waals surface area contributed by atoms with Gasteiger partial charge in [-0.15, -0.1) is 11.3 Å². The van der Waals surface area contributed by atoms with Gasteiger partial charge in [0.2, 0.25) is 10.0 Å². The summed E-state index contributed by atoms with van der Waals surface area (Å²) in [6.07, 6.45) is 6.94. The summed E-state index contributed by atoms with van der Waals surface area (Å²) in [4.78, 5) is 31.1. The molecule has 2 atom stereocenters. The highest BCUT2D eigenvalue weighted by molar-refractivity contribution is 7.90. The zero-order valence-electron chi connectivity index (χ0n) is 26.8. The number of carbonyl (C=O) groups excluding carboxylic acids is 2. The zero-order valence-corrected chi connectivity index (χ0v) is 27.6. The van der Waals surface area contributed by atoms with E-state index < -0.39 is 45.0 Å². The summed E-state index contributed by atoms with van der Waals surface area (Å²) >= 11 is 0.